The standard InChI is InChI=1S/C27H29N3O4S/c1-30(2)29-15-3-14-28-16-17-33-22-9-11-23(12-10-22)34-26-24-13-8-21(32)18-25(24)35-27(26)19-4-6-20(31)7-5-19/h3-13,15,18,28-29,31-32H,14,16-17H2,1-2H3/b15-3+. The number of hydrazine groups is 1. The molecule has 0 spiro atoms. The minimum atomic E-state index is 0.207. The first-order valence-corrected chi connectivity index (χ1v) is 12.1. The third-order valence-corrected chi connectivity index (χ3v) is 6.24. The molecule has 4 rings (SSSR count). The van der Waals surface area contributed by atoms with Gasteiger partial charge in [-0.2, -0.15) is 0 Å². The Balaban J connectivity index is 1.40. The number of benzene rings is 3. The maximum absolute atomic E-state index is 9.93. The summed E-state index contributed by atoms with van der Waals surface area (Å²) in [7, 11) is 3.87. The SMILES string of the molecule is CN(C)N/C=C/CNCCOc1ccc(Oc2c(-c3ccc(O)cc3)sc3cc(O)ccc23)cc1. The van der Waals surface area contributed by atoms with E-state index in [1.165, 1.54) is 11.3 Å². The van der Waals surface area contributed by atoms with Gasteiger partial charge in [-0.1, -0.05) is 6.08 Å². The van der Waals surface area contributed by atoms with E-state index in [0.29, 0.717) is 18.1 Å². The summed E-state index contributed by atoms with van der Waals surface area (Å²) in [6.07, 6.45) is 3.90. The summed E-state index contributed by atoms with van der Waals surface area (Å²) < 4.78 is 13.1. The molecule has 4 N–H and O–H groups in total. The van der Waals surface area contributed by atoms with Gasteiger partial charge in [0.25, 0.3) is 0 Å². The zero-order valence-corrected chi connectivity index (χ0v) is 20.5. The van der Waals surface area contributed by atoms with E-state index in [1.54, 1.807) is 24.3 Å². The fourth-order valence-corrected chi connectivity index (χ4v) is 4.54. The van der Waals surface area contributed by atoms with Gasteiger partial charge in [-0.25, -0.2) is 5.01 Å². The van der Waals surface area contributed by atoms with Crippen LogP contribution in [0.15, 0.2) is 79.0 Å². The van der Waals surface area contributed by atoms with Gasteiger partial charge >= 0.3 is 0 Å². The van der Waals surface area contributed by atoms with Crippen molar-refractivity contribution in [3.8, 4) is 39.2 Å². The highest BCUT2D eigenvalue weighted by molar-refractivity contribution is 7.22. The van der Waals surface area contributed by atoms with Gasteiger partial charge in [0.15, 0.2) is 5.75 Å². The van der Waals surface area contributed by atoms with E-state index in [9.17, 15) is 10.2 Å². The number of aromatic hydroxyl groups is 2. The molecule has 0 atom stereocenters. The first kappa shape index (κ1) is 24.4. The van der Waals surface area contributed by atoms with Crippen molar-refractivity contribution in [2.24, 2.45) is 0 Å². The number of hydrogen-bond acceptors (Lipinski definition) is 8. The number of thiophene rings is 1. The van der Waals surface area contributed by atoms with Crippen LogP contribution in [0, 0.1) is 0 Å². The van der Waals surface area contributed by atoms with Crippen molar-refractivity contribution in [2.45, 2.75) is 0 Å². The average Bonchev–Trinajstić information content (AvgIpc) is 3.19. The largest absolute Gasteiger partial charge is 0.508 e. The van der Waals surface area contributed by atoms with Crippen molar-refractivity contribution in [3.05, 3.63) is 79.0 Å². The Labute approximate surface area is 208 Å². The van der Waals surface area contributed by atoms with E-state index in [-0.39, 0.29) is 11.5 Å². The molecule has 0 aliphatic carbocycles. The van der Waals surface area contributed by atoms with Crippen LogP contribution in [-0.4, -0.2) is 49.0 Å². The molecule has 0 amide bonds. The van der Waals surface area contributed by atoms with Gasteiger partial charge in [-0.3, -0.25) is 0 Å². The summed E-state index contributed by atoms with van der Waals surface area (Å²) >= 11 is 1.53. The van der Waals surface area contributed by atoms with Crippen molar-refractivity contribution >= 4 is 21.4 Å². The van der Waals surface area contributed by atoms with Crippen LogP contribution < -0.4 is 20.2 Å². The van der Waals surface area contributed by atoms with Crippen LogP contribution in [0.1, 0.15) is 0 Å². The average molecular weight is 492 g/mol. The molecule has 0 unspecified atom stereocenters. The number of hydrogen-bond donors (Lipinski definition) is 4. The number of fused-ring (bicyclic) bond motifs is 1. The quantitative estimate of drug-likeness (QED) is 0.167. The molecule has 3 aromatic carbocycles. The number of phenolic OH excluding ortho intramolecular Hbond substituents is 2. The van der Waals surface area contributed by atoms with Crippen LogP contribution >= 0.6 is 11.3 Å². The number of nitrogens with zero attached hydrogens (tertiary/aromatic N) is 1. The molecule has 7 nitrogen and oxygen atoms in total. The van der Waals surface area contributed by atoms with Crippen LogP contribution in [0.25, 0.3) is 20.5 Å². The van der Waals surface area contributed by atoms with Crippen molar-refractivity contribution in [1.82, 2.24) is 15.8 Å². The van der Waals surface area contributed by atoms with Gasteiger partial charge in [-0.05, 0) is 72.3 Å². The van der Waals surface area contributed by atoms with E-state index >= 15 is 0 Å². The molecule has 0 radical (unpaired) electrons. The smallest absolute Gasteiger partial charge is 0.153 e. The van der Waals surface area contributed by atoms with Gasteiger partial charge in [0, 0.05) is 43.5 Å². The summed E-state index contributed by atoms with van der Waals surface area (Å²) in [5.74, 6) is 2.58. The molecule has 0 saturated heterocycles. The highest BCUT2D eigenvalue weighted by atomic mass is 32.1. The Bertz CT molecular complexity index is 1270. The summed E-state index contributed by atoms with van der Waals surface area (Å²) in [5.41, 5.74) is 3.99. The fraction of sp³-hybridized carbons (Fsp3) is 0.185. The third kappa shape index (κ3) is 6.66. The third-order valence-electron chi connectivity index (χ3n) is 5.06. The zero-order valence-electron chi connectivity index (χ0n) is 19.7. The monoisotopic (exact) mass is 491 g/mol. The Morgan fingerprint density at radius 1 is 0.914 bits per heavy atom. The Hall–Kier alpha value is -3.72. The zero-order chi connectivity index (χ0) is 24.6. The molecule has 35 heavy (non-hydrogen) atoms. The molecule has 0 aliphatic rings. The lowest BCUT2D eigenvalue weighted by Crippen LogP contribution is -2.26. The Morgan fingerprint density at radius 3 is 2.37 bits per heavy atom. The van der Waals surface area contributed by atoms with Gasteiger partial charge in [0.1, 0.15) is 29.6 Å². The molecular formula is C27H29N3O4S. The van der Waals surface area contributed by atoms with Gasteiger partial charge in [-0.15, -0.1) is 11.3 Å². The summed E-state index contributed by atoms with van der Waals surface area (Å²) in [6.45, 7) is 2.04. The predicted molar refractivity (Wildman–Crippen MR) is 141 cm³/mol. The van der Waals surface area contributed by atoms with Crippen LogP contribution in [0.2, 0.25) is 0 Å². The van der Waals surface area contributed by atoms with E-state index in [4.69, 9.17) is 9.47 Å². The van der Waals surface area contributed by atoms with E-state index < -0.39 is 0 Å². The van der Waals surface area contributed by atoms with E-state index in [1.807, 2.05) is 73.8 Å². The summed E-state index contributed by atoms with van der Waals surface area (Å²) in [4.78, 5) is 0.923. The second-order valence-electron chi connectivity index (χ2n) is 8.04. The van der Waals surface area contributed by atoms with Crippen LogP contribution in [0.4, 0.5) is 0 Å². The summed E-state index contributed by atoms with van der Waals surface area (Å²) in [6, 6.07) is 19.8. The maximum atomic E-state index is 9.93. The predicted octanol–water partition coefficient (Wildman–Crippen LogP) is 5.32. The number of nitrogens with one attached hydrogen (secondary N) is 2. The van der Waals surface area contributed by atoms with Crippen LogP contribution in [0.3, 0.4) is 0 Å². The molecular weight excluding hydrogens is 462 g/mol. The normalized spacial score (nSPS) is 11.4. The lowest BCUT2D eigenvalue weighted by molar-refractivity contribution is 0.315. The molecule has 0 bridgehead atoms. The highest BCUT2D eigenvalue weighted by Gasteiger charge is 2.17. The molecule has 4 aromatic rings. The van der Waals surface area contributed by atoms with Crippen LogP contribution in [-0.2, 0) is 0 Å². The molecule has 0 saturated carbocycles. The van der Waals surface area contributed by atoms with Crippen molar-refractivity contribution < 1.29 is 19.7 Å². The second-order valence-corrected chi connectivity index (χ2v) is 9.09. The first-order chi connectivity index (χ1) is 17.0. The maximum Gasteiger partial charge on any atom is 0.153 e. The number of phenols is 2. The first-order valence-electron chi connectivity index (χ1n) is 11.2. The fourth-order valence-electron chi connectivity index (χ4n) is 3.37. The van der Waals surface area contributed by atoms with E-state index in [0.717, 1.165) is 39.4 Å². The second kappa shape index (κ2) is 11.6. The Morgan fingerprint density at radius 2 is 1.63 bits per heavy atom. The Kier molecular flexibility index (Phi) is 8.10. The van der Waals surface area contributed by atoms with Gasteiger partial charge < -0.3 is 30.4 Å². The minimum Gasteiger partial charge on any atom is -0.508 e. The molecule has 0 fully saturated rings. The van der Waals surface area contributed by atoms with Crippen molar-refractivity contribution in [1.29, 1.82) is 0 Å². The van der Waals surface area contributed by atoms with Gasteiger partial charge in [0.2, 0.25) is 0 Å². The molecule has 182 valence electrons. The minimum absolute atomic E-state index is 0.207. The summed E-state index contributed by atoms with van der Waals surface area (Å²) in [5, 5.41) is 25.7. The van der Waals surface area contributed by atoms with E-state index in [2.05, 4.69) is 10.7 Å². The topological polar surface area (TPSA) is 86.2 Å². The lowest BCUT2D eigenvalue weighted by atomic mass is 10.1. The number of ether oxygens (including phenoxy) is 2. The van der Waals surface area contributed by atoms with Crippen LogP contribution in [0.5, 0.6) is 28.7 Å². The molecule has 1 aromatic heterocycles. The number of rotatable bonds is 11. The van der Waals surface area contributed by atoms with Gasteiger partial charge in [0.05, 0.1) is 4.88 Å². The molecule has 0 aliphatic heterocycles. The lowest BCUT2D eigenvalue weighted by Gasteiger charge is -2.10. The molecule has 8 heteroatoms. The molecule has 1 heterocycles. The highest BCUT2D eigenvalue weighted by Crippen LogP contribution is 2.47. The van der Waals surface area contributed by atoms with Crippen molar-refractivity contribution in [2.75, 3.05) is 33.8 Å². The van der Waals surface area contributed by atoms with Crippen molar-refractivity contribution in [3.63, 3.8) is 0 Å².